The SMILES string of the molecule is C#CC(C)(C)Nc1cc(C(=O)OCC)c(N)cc1F. The molecule has 4 nitrogen and oxygen atoms in total. The van der Waals surface area contributed by atoms with Gasteiger partial charge in [0.2, 0.25) is 0 Å². The van der Waals surface area contributed by atoms with Crippen LogP contribution in [0.5, 0.6) is 0 Å². The van der Waals surface area contributed by atoms with Gasteiger partial charge in [-0.2, -0.15) is 0 Å². The minimum Gasteiger partial charge on any atom is -0.462 e. The van der Waals surface area contributed by atoms with Gasteiger partial charge in [0.25, 0.3) is 0 Å². The van der Waals surface area contributed by atoms with Crippen LogP contribution in [0.25, 0.3) is 0 Å². The van der Waals surface area contributed by atoms with Crippen LogP contribution in [0.15, 0.2) is 12.1 Å². The number of hydrogen-bond donors (Lipinski definition) is 2. The monoisotopic (exact) mass is 264 g/mol. The van der Waals surface area contributed by atoms with Gasteiger partial charge in [-0.05, 0) is 32.9 Å². The Balaban J connectivity index is 3.17. The number of nitrogen functional groups attached to an aromatic ring is 1. The highest BCUT2D eigenvalue weighted by atomic mass is 19.1. The van der Waals surface area contributed by atoms with Crippen molar-refractivity contribution in [3.63, 3.8) is 0 Å². The van der Waals surface area contributed by atoms with Crippen molar-refractivity contribution in [1.82, 2.24) is 0 Å². The largest absolute Gasteiger partial charge is 0.462 e. The zero-order chi connectivity index (χ0) is 14.6. The lowest BCUT2D eigenvalue weighted by Crippen LogP contribution is -2.29. The normalized spacial score (nSPS) is 10.7. The fourth-order valence-electron chi connectivity index (χ4n) is 1.44. The Hall–Kier alpha value is -2.22. The van der Waals surface area contributed by atoms with Crippen molar-refractivity contribution in [3.05, 3.63) is 23.5 Å². The lowest BCUT2D eigenvalue weighted by molar-refractivity contribution is 0.0527. The van der Waals surface area contributed by atoms with Gasteiger partial charge in [-0.1, -0.05) is 5.92 Å². The lowest BCUT2D eigenvalue weighted by Gasteiger charge is -2.22. The molecule has 19 heavy (non-hydrogen) atoms. The maximum absolute atomic E-state index is 13.8. The second-order valence-electron chi connectivity index (χ2n) is 4.53. The molecule has 0 aromatic heterocycles. The van der Waals surface area contributed by atoms with E-state index in [1.165, 1.54) is 6.07 Å². The molecule has 0 aliphatic heterocycles. The van der Waals surface area contributed by atoms with E-state index in [-0.39, 0.29) is 23.5 Å². The number of halogens is 1. The van der Waals surface area contributed by atoms with Crippen LogP contribution in [0.1, 0.15) is 31.1 Å². The van der Waals surface area contributed by atoms with Crippen LogP contribution < -0.4 is 11.1 Å². The molecule has 1 aromatic rings. The fourth-order valence-corrected chi connectivity index (χ4v) is 1.44. The van der Waals surface area contributed by atoms with Crippen LogP contribution in [0.3, 0.4) is 0 Å². The average Bonchev–Trinajstić information content (AvgIpc) is 2.32. The van der Waals surface area contributed by atoms with E-state index < -0.39 is 17.3 Å². The number of nitrogens with one attached hydrogen (secondary N) is 1. The van der Waals surface area contributed by atoms with E-state index in [2.05, 4.69) is 11.2 Å². The minimum absolute atomic E-state index is 0.0278. The van der Waals surface area contributed by atoms with E-state index in [1.54, 1.807) is 20.8 Å². The summed E-state index contributed by atoms with van der Waals surface area (Å²) in [5.74, 6) is 1.31. The molecule has 0 aliphatic rings. The molecule has 1 aromatic carbocycles. The van der Waals surface area contributed by atoms with E-state index in [0.29, 0.717) is 0 Å². The molecule has 0 atom stereocenters. The molecule has 3 N–H and O–H groups in total. The quantitative estimate of drug-likeness (QED) is 0.498. The zero-order valence-electron chi connectivity index (χ0n) is 11.2. The summed E-state index contributed by atoms with van der Waals surface area (Å²) in [6.45, 7) is 5.33. The molecule has 0 amide bonds. The summed E-state index contributed by atoms with van der Waals surface area (Å²) in [6, 6.07) is 2.38. The summed E-state index contributed by atoms with van der Waals surface area (Å²) < 4.78 is 18.6. The average molecular weight is 264 g/mol. The van der Waals surface area contributed by atoms with Crippen LogP contribution in [0.2, 0.25) is 0 Å². The second kappa shape index (κ2) is 5.61. The fraction of sp³-hybridized carbons (Fsp3) is 0.357. The molecule has 0 radical (unpaired) electrons. The van der Waals surface area contributed by atoms with Crippen LogP contribution in [0.4, 0.5) is 15.8 Å². The number of hydrogen-bond acceptors (Lipinski definition) is 4. The standard InChI is InChI=1S/C14H17FN2O2/c1-5-14(3,4)17-12-7-9(13(18)19-6-2)11(16)8-10(12)15/h1,7-8,17H,6,16H2,2-4H3. The van der Waals surface area contributed by atoms with Crippen LogP contribution in [-0.4, -0.2) is 18.1 Å². The summed E-state index contributed by atoms with van der Waals surface area (Å²) in [7, 11) is 0. The molecule has 0 spiro atoms. The molecule has 0 fully saturated rings. The highest BCUT2D eigenvalue weighted by Gasteiger charge is 2.19. The van der Waals surface area contributed by atoms with Crippen molar-refractivity contribution in [1.29, 1.82) is 0 Å². The number of benzene rings is 1. The molecule has 102 valence electrons. The third-order valence-corrected chi connectivity index (χ3v) is 2.44. The number of terminal acetylenes is 1. The second-order valence-corrected chi connectivity index (χ2v) is 4.53. The number of esters is 1. The molecule has 1 rings (SSSR count). The maximum atomic E-state index is 13.8. The summed E-state index contributed by atoms with van der Waals surface area (Å²) in [5.41, 5.74) is 5.11. The number of nitrogens with two attached hydrogens (primary N) is 1. The van der Waals surface area contributed by atoms with Gasteiger partial charge in [0.15, 0.2) is 0 Å². The Labute approximate surface area is 112 Å². The Morgan fingerprint density at radius 3 is 2.74 bits per heavy atom. The molecule has 0 heterocycles. The first-order chi connectivity index (χ1) is 8.80. The van der Waals surface area contributed by atoms with E-state index in [1.807, 2.05) is 0 Å². The predicted octanol–water partition coefficient (Wildman–Crippen LogP) is 2.41. The molecule has 0 saturated carbocycles. The Bertz CT molecular complexity index is 533. The number of anilines is 2. The lowest BCUT2D eigenvalue weighted by atomic mass is 10.1. The van der Waals surface area contributed by atoms with Gasteiger partial charge in [-0.25, -0.2) is 9.18 Å². The number of carbonyl (C=O) groups is 1. The summed E-state index contributed by atoms with van der Waals surface area (Å²) in [5, 5.41) is 2.83. The van der Waals surface area contributed by atoms with Crippen molar-refractivity contribution in [3.8, 4) is 12.3 Å². The van der Waals surface area contributed by atoms with Gasteiger partial charge in [0.1, 0.15) is 5.82 Å². The van der Waals surface area contributed by atoms with E-state index in [4.69, 9.17) is 16.9 Å². The molecule has 0 bridgehead atoms. The number of rotatable bonds is 4. The highest BCUT2D eigenvalue weighted by molar-refractivity contribution is 5.96. The van der Waals surface area contributed by atoms with Crippen LogP contribution in [-0.2, 0) is 4.74 Å². The number of ether oxygens (including phenoxy) is 1. The van der Waals surface area contributed by atoms with Gasteiger partial charge in [-0.3, -0.25) is 0 Å². The third kappa shape index (κ3) is 3.62. The van der Waals surface area contributed by atoms with E-state index in [0.717, 1.165) is 6.07 Å². The van der Waals surface area contributed by atoms with Gasteiger partial charge >= 0.3 is 5.97 Å². The van der Waals surface area contributed by atoms with Gasteiger partial charge < -0.3 is 15.8 Å². The van der Waals surface area contributed by atoms with Gasteiger partial charge in [0, 0.05) is 5.69 Å². The minimum atomic E-state index is -0.747. The van der Waals surface area contributed by atoms with Crippen molar-refractivity contribution < 1.29 is 13.9 Å². The topological polar surface area (TPSA) is 64.3 Å². The molecular formula is C14H17FN2O2. The maximum Gasteiger partial charge on any atom is 0.340 e. The van der Waals surface area contributed by atoms with Crippen LogP contribution >= 0.6 is 0 Å². The van der Waals surface area contributed by atoms with E-state index in [9.17, 15) is 9.18 Å². The third-order valence-electron chi connectivity index (χ3n) is 2.44. The summed E-state index contributed by atoms with van der Waals surface area (Å²) >= 11 is 0. The Morgan fingerprint density at radius 2 is 2.21 bits per heavy atom. The van der Waals surface area contributed by atoms with Crippen molar-refractivity contribution >= 4 is 17.3 Å². The Morgan fingerprint density at radius 1 is 1.58 bits per heavy atom. The molecule has 0 unspecified atom stereocenters. The summed E-state index contributed by atoms with van der Waals surface area (Å²) in [4.78, 5) is 11.7. The Kier molecular flexibility index (Phi) is 4.38. The number of carbonyl (C=O) groups excluding carboxylic acids is 1. The summed E-state index contributed by atoms with van der Waals surface area (Å²) in [6.07, 6.45) is 5.33. The van der Waals surface area contributed by atoms with Gasteiger partial charge in [0.05, 0.1) is 23.4 Å². The zero-order valence-corrected chi connectivity index (χ0v) is 11.2. The predicted molar refractivity (Wildman–Crippen MR) is 73.3 cm³/mol. The first-order valence-electron chi connectivity index (χ1n) is 5.83. The van der Waals surface area contributed by atoms with Crippen LogP contribution in [0, 0.1) is 18.2 Å². The first kappa shape index (κ1) is 14.8. The molecule has 0 aliphatic carbocycles. The smallest absolute Gasteiger partial charge is 0.340 e. The highest BCUT2D eigenvalue weighted by Crippen LogP contribution is 2.25. The van der Waals surface area contributed by atoms with Crippen molar-refractivity contribution in [2.45, 2.75) is 26.3 Å². The first-order valence-corrected chi connectivity index (χ1v) is 5.83. The molecule has 0 saturated heterocycles. The molecular weight excluding hydrogens is 247 g/mol. The van der Waals surface area contributed by atoms with E-state index >= 15 is 0 Å². The van der Waals surface area contributed by atoms with Crippen molar-refractivity contribution in [2.24, 2.45) is 0 Å². The molecule has 5 heteroatoms. The van der Waals surface area contributed by atoms with Gasteiger partial charge in [-0.15, -0.1) is 6.42 Å². The van der Waals surface area contributed by atoms with Crippen molar-refractivity contribution in [2.75, 3.05) is 17.7 Å².